The average molecular weight is 447 g/mol. The zero-order chi connectivity index (χ0) is 22.3. The van der Waals surface area contributed by atoms with Gasteiger partial charge in [-0.3, -0.25) is 0 Å². The third kappa shape index (κ3) is 4.69. The Balaban J connectivity index is 1.58. The Hall–Kier alpha value is -3.54. The van der Waals surface area contributed by atoms with Crippen molar-refractivity contribution >= 4 is 44.2 Å². The van der Waals surface area contributed by atoms with E-state index in [4.69, 9.17) is 9.47 Å². The minimum Gasteiger partial charge on any atom is -0.459 e. The monoisotopic (exact) mass is 446 g/mol. The van der Waals surface area contributed by atoms with Crippen molar-refractivity contribution in [2.24, 2.45) is 4.99 Å². The van der Waals surface area contributed by atoms with Crippen LogP contribution in [0.25, 0.3) is 15.9 Å². The Bertz CT molecular complexity index is 1210. The van der Waals surface area contributed by atoms with Crippen LogP contribution >= 0.6 is 11.3 Å². The number of nitrogens with zero attached hydrogens (tertiary/aromatic N) is 3. The zero-order valence-electron chi connectivity index (χ0n) is 17.6. The van der Waals surface area contributed by atoms with Crippen LogP contribution in [-0.2, 0) is 14.3 Å². The van der Waals surface area contributed by atoms with Gasteiger partial charge in [-0.25, -0.2) is 14.8 Å². The summed E-state index contributed by atoms with van der Waals surface area (Å²) in [5.41, 5.74) is 2.69. The fraction of sp³-hybridized carbons (Fsp3) is 0.250. The summed E-state index contributed by atoms with van der Waals surface area (Å²) < 4.78 is 11.7. The summed E-state index contributed by atoms with van der Waals surface area (Å²) in [6, 6.07) is 17.3. The number of aromatic nitrogens is 1. The van der Waals surface area contributed by atoms with E-state index in [1.807, 2.05) is 54.6 Å². The number of amidine groups is 1. The lowest BCUT2D eigenvalue weighted by molar-refractivity contribution is -0.140. The molecule has 0 amide bonds. The van der Waals surface area contributed by atoms with Crippen molar-refractivity contribution in [3.05, 3.63) is 65.2 Å². The second-order valence-corrected chi connectivity index (χ2v) is 8.07. The molecule has 2 heterocycles. The van der Waals surface area contributed by atoms with Gasteiger partial charge in [0.1, 0.15) is 18.5 Å². The number of carbonyl (C=O) groups excluding carboxylic acids is 1. The molecule has 0 saturated carbocycles. The van der Waals surface area contributed by atoms with Gasteiger partial charge in [-0.1, -0.05) is 61.1 Å². The van der Waals surface area contributed by atoms with Gasteiger partial charge in [0, 0.05) is 17.7 Å². The molecule has 1 aliphatic rings. The Morgan fingerprint density at radius 2 is 1.91 bits per heavy atom. The van der Waals surface area contributed by atoms with Crippen LogP contribution in [-0.4, -0.2) is 36.6 Å². The number of hydrogen-bond donors (Lipinski definition) is 1. The number of nitrogens with one attached hydrogen (secondary N) is 1. The molecule has 0 atom stereocenters. The van der Waals surface area contributed by atoms with Gasteiger partial charge >= 0.3 is 5.97 Å². The first-order valence-electron chi connectivity index (χ1n) is 10.4. The lowest BCUT2D eigenvalue weighted by atomic mass is 10.1. The second-order valence-electron chi connectivity index (χ2n) is 7.06. The normalized spacial score (nSPS) is 15.3. The molecular formula is C24H22N4O3S. The first-order chi connectivity index (χ1) is 15.7. The SMILES string of the molecule is CCCCOCCOC(=O)C(C#N)=C1N/C(=N/c2nc3ccccc3s2)c2ccccc21. The van der Waals surface area contributed by atoms with Crippen LogP contribution in [0.5, 0.6) is 0 Å². The summed E-state index contributed by atoms with van der Waals surface area (Å²) in [6.07, 6.45) is 2.00. The van der Waals surface area contributed by atoms with Crippen molar-refractivity contribution in [2.45, 2.75) is 19.8 Å². The summed E-state index contributed by atoms with van der Waals surface area (Å²) in [6.45, 7) is 3.10. The highest BCUT2D eigenvalue weighted by molar-refractivity contribution is 7.22. The number of para-hydroxylation sites is 1. The van der Waals surface area contributed by atoms with E-state index in [9.17, 15) is 10.1 Å². The predicted octanol–water partition coefficient (Wildman–Crippen LogP) is 4.57. The van der Waals surface area contributed by atoms with Gasteiger partial charge in [0.05, 0.1) is 22.5 Å². The summed E-state index contributed by atoms with van der Waals surface area (Å²) in [5, 5.41) is 13.4. The molecular weight excluding hydrogens is 424 g/mol. The number of hydrogen-bond acceptors (Lipinski definition) is 7. The Labute approximate surface area is 190 Å². The van der Waals surface area contributed by atoms with E-state index < -0.39 is 5.97 Å². The van der Waals surface area contributed by atoms with Crippen molar-refractivity contribution in [1.82, 2.24) is 10.3 Å². The Morgan fingerprint density at radius 1 is 1.12 bits per heavy atom. The van der Waals surface area contributed by atoms with Crippen molar-refractivity contribution < 1.29 is 14.3 Å². The maximum atomic E-state index is 12.6. The highest BCUT2D eigenvalue weighted by Gasteiger charge is 2.28. The number of rotatable bonds is 8. The maximum Gasteiger partial charge on any atom is 0.351 e. The lowest BCUT2D eigenvalue weighted by Crippen LogP contribution is -2.19. The first-order valence-corrected chi connectivity index (χ1v) is 11.2. The molecule has 4 rings (SSSR count). The minimum absolute atomic E-state index is 0.0926. The number of esters is 1. The summed E-state index contributed by atoms with van der Waals surface area (Å²) in [4.78, 5) is 21.8. The molecule has 3 aromatic rings. The van der Waals surface area contributed by atoms with Gasteiger partial charge in [0.2, 0.25) is 5.13 Å². The highest BCUT2D eigenvalue weighted by Crippen LogP contribution is 2.32. The molecule has 0 spiro atoms. The molecule has 0 radical (unpaired) electrons. The Kier molecular flexibility index (Phi) is 6.90. The molecule has 1 N–H and O–H groups in total. The lowest BCUT2D eigenvalue weighted by Gasteiger charge is -2.07. The number of unbranched alkanes of at least 4 members (excludes halogenated alkanes) is 1. The van der Waals surface area contributed by atoms with E-state index in [1.165, 1.54) is 11.3 Å². The fourth-order valence-electron chi connectivity index (χ4n) is 3.27. The number of thiazole rings is 1. The number of aliphatic imine (C=N–C) groups is 1. The molecule has 8 heteroatoms. The van der Waals surface area contributed by atoms with Crippen LogP contribution in [0.1, 0.15) is 30.9 Å². The van der Waals surface area contributed by atoms with Crippen molar-refractivity contribution in [3.8, 4) is 6.07 Å². The third-order valence-electron chi connectivity index (χ3n) is 4.85. The number of ether oxygens (including phenoxy) is 2. The predicted molar refractivity (Wildman–Crippen MR) is 125 cm³/mol. The molecule has 1 aliphatic heterocycles. The average Bonchev–Trinajstić information content (AvgIpc) is 3.38. The van der Waals surface area contributed by atoms with Gasteiger partial charge in [0.25, 0.3) is 0 Å². The standard InChI is InChI=1S/C24H22N4O3S/c1-2-3-12-30-13-14-31-23(29)18(15-25)21-16-8-4-5-9-17(16)22(27-21)28-24-26-19-10-6-7-11-20(19)32-24/h4-11H,2-3,12-14H2,1H3,(H,26,27,28). The highest BCUT2D eigenvalue weighted by atomic mass is 32.1. The Morgan fingerprint density at radius 3 is 2.69 bits per heavy atom. The molecule has 162 valence electrons. The van der Waals surface area contributed by atoms with E-state index in [1.54, 1.807) is 0 Å². The number of carbonyl (C=O) groups is 1. The quantitative estimate of drug-likeness (QED) is 0.236. The van der Waals surface area contributed by atoms with Crippen LogP contribution in [0.15, 0.2) is 59.1 Å². The fourth-order valence-corrected chi connectivity index (χ4v) is 4.11. The maximum absolute atomic E-state index is 12.6. The molecule has 32 heavy (non-hydrogen) atoms. The van der Waals surface area contributed by atoms with E-state index in [-0.39, 0.29) is 12.2 Å². The molecule has 2 aromatic carbocycles. The van der Waals surface area contributed by atoms with Gasteiger partial charge in [-0.2, -0.15) is 5.26 Å². The van der Waals surface area contributed by atoms with Crippen molar-refractivity contribution in [1.29, 1.82) is 5.26 Å². The van der Waals surface area contributed by atoms with E-state index >= 15 is 0 Å². The van der Waals surface area contributed by atoms with Gasteiger partial charge < -0.3 is 14.8 Å². The number of benzene rings is 2. The second kappa shape index (κ2) is 10.2. The van der Waals surface area contributed by atoms with Gasteiger partial charge in [-0.15, -0.1) is 0 Å². The van der Waals surface area contributed by atoms with Gasteiger partial charge in [-0.05, 0) is 18.6 Å². The van der Waals surface area contributed by atoms with Crippen LogP contribution in [0, 0.1) is 11.3 Å². The van der Waals surface area contributed by atoms with Crippen LogP contribution < -0.4 is 5.32 Å². The first kappa shape index (κ1) is 21.7. The van der Waals surface area contributed by atoms with E-state index in [0.29, 0.717) is 29.9 Å². The van der Waals surface area contributed by atoms with Crippen LogP contribution in [0.4, 0.5) is 5.13 Å². The third-order valence-corrected chi connectivity index (χ3v) is 5.78. The summed E-state index contributed by atoms with van der Waals surface area (Å²) in [5.74, 6) is -0.150. The molecule has 7 nitrogen and oxygen atoms in total. The molecule has 0 bridgehead atoms. The molecule has 1 aromatic heterocycles. The summed E-state index contributed by atoms with van der Waals surface area (Å²) in [7, 11) is 0. The smallest absolute Gasteiger partial charge is 0.351 e. The number of fused-ring (bicyclic) bond motifs is 2. The van der Waals surface area contributed by atoms with Crippen LogP contribution in [0.3, 0.4) is 0 Å². The largest absolute Gasteiger partial charge is 0.459 e. The molecule has 0 saturated heterocycles. The number of nitriles is 1. The van der Waals surface area contributed by atoms with Crippen LogP contribution in [0.2, 0.25) is 0 Å². The van der Waals surface area contributed by atoms with Gasteiger partial charge in [0.15, 0.2) is 5.57 Å². The summed E-state index contributed by atoms with van der Waals surface area (Å²) >= 11 is 1.47. The van der Waals surface area contributed by atoms with E-state index in [0.717, 1.165) is 34.2 Å². The minimum atomic E-state index is -0.690. The molecule has 0 aliphatic carbocycles. The van der Waals surface area contributed by atoms with Crippen molar-refractivity contribution in [2.75, 3.05) is 19.8 Å². The topological polar surface area (TPSA) is 96.6 Å². The molecule has 0 unspecified atom stereocenters. The van der Waals surface area contributed by atoms with E-state index in [2.05, 4.69) is 22.2 Å². The molecule has 0 fully saturated rings. The zero-order valence-corrected chi connectivity index (χ0v) is 18.4. The van der Waals surface area contributed by atoms with Crippen molar-refractivity contribution in [3.63, 3.8) is 0 Å².